The molecule has 56 valence electrons. The maximum absolute atomic E-state index is 4.20. The highest BCUT2D eigenvalue weighted by atomic mass is 14.3. The zero-order valence-corrected chi connectivity index (χ0v) is 6.60. The summed E-state index contributed by atoms with van der Waals surface area (Å²) in [4.78, 5) is 0. The average molecular weight is 136 g/mol. The summed E-state index contributed by atoms with van der Waals surface area (Å²) in [7, 11) is 0. The first-order chi connectivity index (χ1) is 4.88. The lowest BCUT2D eigenvalue weighted by atomic mass is 9.69. The molecule has 2 aliphatic rings. The number of allylic oxidation sites excluding steroid dienone is 1. The van der Waals surface area contributed by atoms with Crippen molar-refractivity contribution in [3.05, 3.63) is 12.2 Å². The third-order valence-electron chi connectivity index (χ3n) is 3.26. The van der Waals surface area contributed by atoms with Crippen molar-refractivity contribution >= 4 is 0 Å². The summed E-state index contributed by atoms with van der Waals surface area (Å²) in [6, 6.07) is 0. The highest BCUT2D eigenvalue weighted by Gasteiger charge is 2.28. The Balaban J connectivity index is 1.84. The molecule has 0 N–H and O–H groups in total. The maximum atomic E-state index is 4.20. The number of hydrogen-bond donors (Lipinski definition) is 0. The topological polar surface area (TPSA) is 0 Å². The summed E-state index contributed by atoms with van der Waals surface area (Å²) < 4.78 is 0. The van der Waals surface area contributed by atoms with E-state index in [0.29, 0.717) is 0 Å². The largest absolute Gasteiger partial charge is 0.0993 e. The van der Waals surface area contributed by atoms with E-state index < -0.39 is 0 Å². The second-order valence-corrected chi connectivity index (χ2v) is 3.83. The van der Waals surface area contributed by atoms with Crippen LogP contribution < -0.4 is 0 Å². The van der Waals surface area contributed by atoms with E-state index in [9.17, 15) is 0 Å². The molecule has 0 unspecified atom stereocenters. The lowest BCUT2D eigenvalue weighted by molar-refractivity contribution is 0.278. The molecule has 0 heterocycles. The Bertz CT molecular complexity index is 122. The molecule has 0 amide bonds. The SMILES string of the molecule is C=C(C1CCC1)C1CCC1. The first-order valence-corrected chi connectivity index (χ1v) is 4.56. The van der Waals surface area contributed by atoms with Crippen molar-refractivity contribution in [1.29, 1.82) is 0 Å². The van der Waals surface area contributed by atoms with Crippen LogP contribution in [-0.4, -0.2) is 0 Å². The third kappa shape index (κ3) is 0.902. The minimum Gasteiger partial charge on any atom is -0.0993 e. The van der Waals surface area contributed by atoms with Crippen molar-refractivity contribution in [1.82, 2.24) is 0 Å². The Morgan fingerprint density at radius 3 is 1.50 bits per heavy atom. The summed E-state index contributed by atoms with van der Waals surface area (Å²) in [5.74, 6) is 1.87. The molecule has 0 bridgehead atoms. The van der Waals surface area contributed by atoms with E-state index >= 15 is 0 Å². The van der Waals surface area contributed by atoms with E-state index in [1.54, 1.807) is 5.57 Å². The van der Waals surface area contributed by atoms with Crippen molar-refractivity contribution in [3.63, 3.8) is 0 Å². The van der Waals surface area contributed by atoms with Gasteiger partial charge >= 0.3 is 0 Å². The van der Waals surface area contributed by atoms with Crippen LogP contribution in [-0.2, 0) is 0 Å². The van der Waals surface area contributed by atoms with Gasteiger partial charge in [0.15, 0.2) is 0 Å². The molecule has 2 saturated carbocycles. The van der Waals surface area contributed by atoms with Crippen LogP contribution in [0.3, 0.4) is 0 Å². The molecule has 0 spiro atoms. The Morgan fingerprint density at radius 2 is 1.30 bits per heavy atom. The summed E-state index contributed by atoms with van der Waals surface area (Å²) in [5.41, 5.74) is 1.59. The van der Waals surface area contributed by atoms with Gasteiger partial charge < -0.3 is 0 Å². The Kier molecular flexibility index (Phi) is 1.55. The molecule has 0 nitrogen and oxygen atoms in total. The maximum Gasteiger partial charge on any atom is -0.0203 e. The van der Waals surface area contributed by atoms with Gasteiger partial charge in [0.05, 0.1) is 0 Å². The Morgan fingerprint density at radius 1 is 0.900 bits per heavy atom. The second kappa shape index (κ2) is 2.41. The molecule has 0 heteroatoms. The predicted octanol–water partition coefficient (Wildman–Crippen LogP) is 3.14. The molecule has 0 saturated heterocycles. The smallest absolute Gasteiger partial charge is 0.0203 e. The summed E-state index contributed by atoms with van der Waals surface area (Å²) in [6.45, 7) is 4.20. The minimum absolute atomic E-state index is 0.935. The average Bonchev–Trinajstić information content (AvgIpc) is 1.52. The van der Waals surface area contributed by atoms with Gasteiger partial charge in [-0.15, -0.1) is 0 Å². The van der Waals surface area contributed by atoms with Gasteiger partial charge in [0.25, 0.3) is 0 Å². The lowest BCUT2D eigenvalue weighted by Crippen LogP contribution is -2.23. The first kappa shape index (κ1) is 6.45. The molecule has 0 aliphatic heterocycles. The van der Waals surface area contributed by atoms with Gasteiger partial charge in [-0.05, 0) is 37.5 Å². The van der Waals surface area contributed by atoms with E-state index in [-0.39, 0.29) is 0 Å². The van der Waals surface area contributed by atoms with Gasteiger partial charge in [0.1, 0.15) is 0 Å². The van der Waals surface area contributed by atoms with Crippen LogP contribution in [0, 0.1) is 11.8 Å². The van der Waals surface area contributed by atoms with Crippen LogP contribution in [0.15, 0.2) is 12.2 Å². The molecule has 0 aromatic carbocycles. The minimum atomic E-state index is 0.935. The van der Waals surface area contributed by atoms with Crippen molar-refractivity contribution in [2.75, 3.05) is 0 Å². The molecule has 2 fully saturated rings. The van der Waals surface area contributed by atoms with Gasteiger partial charge in [0.2, 0.25) is 0 Å². The van der Waals surface area contributed by atoms with Crippen molar-refractivity contribution in [2.45, 2.75) is 38.5 Å². The zero-order chi connectivity index (χ0) is 6.97. The van der Waals surface area contributed by atoms with Crippen LogP contribution in [0.5, 0.6) is 0 Å². The van der Waals surface area contributed by atoms with E-state index in [4.69, 9.17) is 0 Å². The standard InChI is InChI=1S/C10H16/c1-8(9-4-2-5-9)10-6-3-7-10/h9-10H,1-7H2. The highest BCUT2D eigenvalue weighted by molar-refractivity contribution is 5.10. The molecule has 0 atom stereocenters. The second-order valence-electron chi connectivity index (χ2n) is 3.83. The molecule has 0 aromatic heterocycles. The van der Waals surface area contributed by atoms with Crippen LogP contribution in [0.2, 0.25) is 0 Å². The predicted molar refractivity (Wildman–Crippen MR) is 43.8 cm³/mol. The van der Waals surface area contributed by atoms with Crippen molar-refractivity contribution < 1.29 is 0 Å². The first-order valence-electron chi connectivity index (χ1n) is 4.56. The fraction of sp³-hybridized carbons (Fsp3) is 0.800. The van der Waals surface area contributed by atoms with Gasteiger partial charge in [0, 0.05) is 0 Å². The summed E-state index contributed by atoms with van der Waals surface area (Å²) >= 11 is 0. The number of rotatable bonds is 2. The molecule has 2 aliphatic carbocycles. The van der Waals surface area contributed by atoms with Crippen LogP contribution in [0.4, 0.5) is 0 Å². The van der Waals surface area contributed by atoms with Gasteiger partial charge in [-0.2, -0.15) is 0 Å². The lowest BCUT2D eigenvalue weighted by Gasteiger charge is -2.36. The monoisotopic (exact) mass is 136 g/mol. The fourth-order valence-corrected chi connectivity index (χ4v) is 1.89. The molecular weight excluding hydrogens is 120 g/mol. The third-order valence-corrected chi connectivity index (χ3v) is 3.26. The van der Waals surface area contributed by atoms with Crippen LogP contribution in [0.1, 0.15) is 38.5 Å². The molecule has 0 aromatic rings. The van der Waals surface area contributed by atoms with Crippen molar-refractivity contribution in [2.24, 2.45) is 11.8 Å². The van der Waals surface area contributed by atoms with Crippen LogP contribution >= 0.6 is 0 Å². The normalized spacial score (nSPS) is 27.2. The zero-order valence-electron chi connectivity index (χ0n) is 6.60. The number of hydrogen-bond acceptors (Lipinski definition) is 0. The highest BCUT2D eigenvalue weighted by Crippen LogP contribution is 2.42. The van der Waals surface area contributed by atoms with Crippen LogP contribution in [0.25, 0.3) is 0 Å². The molecule has 2 rings (SSSR count). The molecule has 10 heavy (non-hydrogen) atoms. The molecule has 0 radical (unpaired) electrons. The Labute approximate surface area is 63.3 Å². The Hall–Kier alpha value is -0.260. The van der Waals surface area contributed by atoms with E-state index in [2.05, 4.69) is 6.58 Å². The molecular formula is C10H16. The van der Waals surface area contributed by atoms with E-state index in [0.717, 1.165) is 11.8 Å². The fourth-order valence-electron chi connectivity index (χ4n) is 1.89. The summed E-state index contributed by atoms with van der Waals surface area (Å²) in [5, 5.41) is 0. The summed E-state index contributed by atoms with van der Waals surface area (Å²) in [6.07, 6.45) is 8.67. The van der Waals surface area contributed by atoms with Crippen molar-refractivity contribution in [3.8, 4) is 0 Å². The van der Waals surface area contributed by atoms with Gasteiger partial charge in [-0.1, -0.05) is 25.0 Å². The van der Waals surface area contributed by atoms with E-state index in [1.807, 2.05) is 0 Å². The quantitative estimate of drug-likeness (QED) is 0.511. The van der Waals surface area contributed by atoms with Gasteiger partial charge in [-0.3, -0.25) is 0 Å². The van der Waals surface area contributed by atoms with E-state index in [1.165, 1.54) is 38.5 Å². The van der Waals surface area contributed by atoms with Gasteiger partial charge in [-0.25, -0.2) is 0 Å².